The van der Waals surface area contributed by atoms with Crippen LogP contribution in [0.5, 0.6) is 0 Å². The lowest BCUT2D eigenvalue weighted by Gasteiger charge is -2.12. The molecule has 0 aliphatic carbocycles. The number of aryl methyl sites for hydroxylation is 2. The Morgan fingerprint density at radius 3 is 2.05 bits per heavy atom. The van der Waals surface area contributed by atoms with Crippen molar-refractivity contribution < 1.29 is 9.59 Å². The molecule has 0 fully saturated rings. The number of hydrogen-bond donors (Lipinski definition) is 2. The topological polar surface area (TPSA) is 58.2 Å². The van der Waals surface area contributed by atoms with E-state index in [1.807, 2.05) is 32.0 Å². The highest BCUT2D eigenvalue weighted by atomic mass is 35.5. The largest absolute Gasteiger partial charge is 0.317 e. The molecule has 0 aliphatic rings. The van der Waals surface area contributed by atoms with Crippen LogP contribution in [0.4, 0.5) is 11.4 Å². The Morgan fingerprint density at radius 2 is 1.41 bits per heavy atom. The molecule has 0 aliphatic heterocycles. The van der Waals surface area contributed by atoms with Crippen molar-refractivity contribution in [2.45, 2.75) is 20.8 Å². The molecule has 0 saturated heterocycles. The molecule has 2 aromatic carbocycles. The lowest BCUT2D eigenvalue weighted by Crippen LogP contribution is -2.29. The van der Waals surface area contributed by atoms with Gasteiger partial charge in [0.1, 0.15) is 0 Å². The third-order valence-corrected chi connectivity index (χ3v) is 3.85. The molecule has 2 amide bonds. The average Bonchev–Trinajstić information content (AvgIpc) is 2.47. The number of rotatable bonds is 2. The zero-order chi connectivity index (χ0) is 16.3. The van der Waals surface area contributed by atoms with Gasteiger partial charge in [0.05, 0.1) is 0 Å². The van der Waals surface area contributed by atoms with E-state index in [4.69, 9.17) is 11.6 Å². The Bertz CT molecular complexity index is 721. The van der Waals surface area contributed by atoms with Gasteiger partial charge in [-0.2, -0.15) is 0 Å². The molecule has 0 radical (unpaired) electrons. The number of benzene rings is 2. The maximum atomic E-state index is 12.1. The fourth-order valence-corrected chi connectivity index (χ4v) is 2.28. The van der Waals surface area contributed by atoms with Crippen molar-refractivity contribution in [2.75, 3.05) is 10.6 Å². The Labute approximate surface area is 134 Å². The van der Waals surface area contributed by atoms with Crippen LogP contribution in [0, 0.1) is 20.8 Å². The minimum Gasteiger partial charge on any atom is -0.317 e. The van der Waals surface area contributed by atoms with Gasteiger partial charge >= 0.3 is 11.8 Å². The van der Waals surface area contributed by atoms with E-state index in [2.05, 4.69) is 10.6 Å². The fraction of sp³-hybridized carbons (Fsp3) is 0.176. The number of carbonyl (C=O) groups excluding carboxylic acids is 2. The van der Waals surface area contributed by atoms with E-state index in [1.54, 1.807) is 25.1 Å². The van der Waals surface area contributed by atoms with Gasteiger partial charge in [0.25, 0.3) is 0 Å². The van der Waals surface area contributed by atoms with Crippen molar-refractivity contribution in [2.24, 2.45) is 0 Å². The van der Waals surface area contributed by atoms with E-state index in [1.165, 1.54) is 0 Å². The molecule has 0 spiro atoms. The van der Waals surface area contributed by atoms with E-state index in [0.717, 1.165) is 16.7 Å². The number of carbonyl (C=O) groups is 2. The molecule has 0 saturated carbocycles. The highest BCUT2D eigenvalue weighted by molar-refractivity contribution is 6.44. The molecule has 4 nitrogen and oxygen atoms in total. The van der Waals surface area contributed by atoms with Gasteiger partial charge in [0.15, 0.2) is 0 Å². The van der Waals surface area contributed by atoms with Crippen LogP contribution in [-0.4, -0.2) is 11.8 Å². The molecule has 2 rings (SSSR count). The second kappa shape index (κ2) is 6.62. The predicted molar refractivity (Wildman–Crippen MR) is 89.4 cm³/mol. The zero-order valence-corrected chi connectivity index (χ0v) is 13.4. The predicted octanol–water partition coefficient (Wildman–Crippen LogP) is 3.84. The summed E-state index contributed by atoms with van der Waals surface area (Å²) in [7, 11) is 0. The quantitative estimate of drug-likeness (QED) is 0.827. The van der Waals surface area contributed by atoms with Gasteiger partial charge in [-0.25, -0.2) is 0 Å². The molecule has 2 aromatic rings. The number of hydrogen-bond acceptors (Lipinski definition) is 2. The lowest BCUT2D eigenvalue weighted by molar-refractivity contribution is -0.133. The normalized spacial score (nSPS) is 10.2. The third-order valence-electron chi connectivity index (χ3n) is 3.44. The van der Waals surface area contributed by atoms with Crippen molar-refractivity contribution in [3.63, 3.8) is 0 Å². The molecular weight excluding hydrogens is 300 g/mol. The van der Waals surface area contributed by atoms with E-state index < -0.39 is 11.8 Å². The molecular formula is C17H17ClN2O2. The van der Waals surface area contributed by atoms with Crippen LogP contribution in [0.1, 0.15) is 16.7 Å². The van der Waals surface area contributed by atoms with Gasteiger partial charge in [-0.15, -0.1) is 0 Å². The number of amides is 2. The monoisotopic (exact) mass is 316 g/mol. The number of halogens is 1. The van der Waals surface area contributed by atoms with Crippen LogP contribution in [0.3, 0.4) is 0 Å². The Kier molecular flexibility index (Phi) is 4.83. The SMILES string of the molecule is Cc1cccc(C)c1NC(=O)C(=O)Nc1cccc(Cl)c1C. The maximum absolute atomic E-state index is 12.1. The van der Waals surface area contributed by atoms with Gasteiger partial charge in [-0.05, 0) is 49.6 Å². The Morgan fingerprint density at radius 1 is 0.864 bits per heavy atom. The second-order valence-corrected chi connectivity index (χ2v) is 5.49. The third kappa shape index (κ3) is 3.46. The van der Waals surface area contributed by atoms with Crippen LogP contribution in [0.2, 0.25) is 5.02 Å². The summed E-state index contributed by atoms with van der Waals surface area (Å²) in [5.74, 6) is -1.44. The zero-order valence-electron chi connectivity index (χ0n) is 12.7. The molecule has 0 unspecified atom stereocenters. The molecule has 114 valence electrons. The van der Waals surface area contributed by atoms with E-state index in [9.17, 15) is 9.59 Å². The summed E-state index contributed by atoms with van der Waals surface area (Å²) in [6.45, 7) is 5.53. The van der Waals surface area contributed by atoms with Crippen molar-refractivity contribution in [1.82, 2.24) is 0 Å². The van der Waals surface area contributed by atoms with Gasteiger partial charge in [0, 0.05) is 16.4 Å². The lowest BCUT2D eigenvalue weighted by atomic mass is 10.1. The number of nitrogens with one attached hydrogen (secondary N) is 2. The fourth-order valence-electron chi connectivity index (χ4n) is 2.10. The number of anilines is 2. The molecule has 5 heteroatoms. The van der Waals surface area contributed by atoms with Gasteiger partial charge < -0.3 is 10.6 Å². The first-order valence-corrected chi connectivity index (χ1v) is 7.21. The van der Waals surface area contributed by atoms with Crippen LogP contribution in [0.15, 0.2) is 36.4 Å². The van der Waals surface area contributed by atoms with Crippen LogP contribution in [0.25, 0.3) is 0 Å². The summed E-state index contributed by atoms with van der Waals surface area (Å²) in [5, 5.41) is 5.76. The van der Waals surface area contributed by atoms with Gasteiger partial charge in [-0.1, -0.05) is 35.9 Å². The van der Waals surface area contributed by atoms with Crippen molar-refractivity contribution in [1.29, 1.82) is 0 Å². The molecule has 0 atom stereocenters. The molecule has 22 heavy (non-hydrogen) atoms. The summed E-state index contributed by atoms with van der Waals surface area (Å²) >= 11 is 6.00. The average molecular weight is 317 g/mol. The first kappa shape index (κ1) is 16.0. The maximum Gasteiger partial charge on any atom is 0.314 e. The summed E-state index contributed by atoms with van der Waals surface area (Å²) in [6, 6.07) is 10.8. The van der Waals surface area contributed by atoms with Crippen molar-refractivity contribution in [3.8, 4) is 0 Å². The molecule has 0 heterocycles. The minimum atomic E-state index is -0.729. The summed E-state index contributed by atoms with van der Waals surface area (Å²) in [4.78, 5) is 24.1. The summed E-state index contributed by atoms with van der Waals surface area (Å²) in [6.07, 6.45) is 0. The Hall–Kier alpha value is -2.33. The second-order valence-electron chi connectivity index (χ2n) is 5.09. The van der Waals surface area contributed by atoms with Gasteiger partial charge in [0.2, 0.25) is 0 Å². The molecule has 0 aromatic heterocycles. The summed E-state index contributed by atoms with van der Waals surface area (Å²) in [5.41, 5.74) is 3.71. The number of para-hydroxylation sites is 1. The van der Waals surface area contributed by atoms with E-state index >= 15 is 0 Å². The summed E-state index contributed by atoms with van der Waals surface area (Å²) < 4.78 is 0. The molecule has 2 N–H and O–H groups in total. The van der Waals surface area contributed by atoms with Crippen LogP contribution >= 0.6 is 11.6 Å². The highest BCUT2D eigenvalue weighted by Crippen LogP contribution is 2.23. The smallest absolute Gasteiger partial charge is 0.314 e. The van der Waals surface area contributed by atoms with Crippen molar-refractivity contribution >= 4 is 34.8 Å². The minimum absolute atomic E-state index is 0.522. The van der Waals surface area contributed by atoms with E-state index in [-0.39, 0.29) is 0 Å². The standard InChI is InChI=1S/C17H17ClN2O2/c1-10-6-4-7-11(2)15(10)20-17(22)16(21)19-14-9-5-8-13(18)12(14)3/h4-9H,1-3H3,(H,19,21)(H,20,22). The Balaban J connectivity index is 2.13. The van der Waals surface area contributed by atoms with E-state index in [0.29, 0.717) is 16.4 Å². The highest BCUT2D eigenvalue weighted by Gasteiger charge is 2.17. The van der Waals surface area contributed by atoms with Gasteiger partial charge in [-0.3, -0.25) is 9.59 Å². The first-order chi connectivity index (χ1) is 10.4. The molecule has 0 bridgehead atoms. The first-order valence-electron chi connectivity index (χ1n) is 6.84. The van der Waals surface area contributed by atoms with Crippen LogP contribution < -0.4 is 10.6 Å². The van der Waals surface area contributed by atoms with Crippen molar-refractivity contribution in [3.05, 3.63) is 58.1 Å². The van der Waals surface area contributed by atoms with Crippen LogP contribution in [-0.2, 0) is 9.59 Å².